The van der Waals surface area contributed by atoms with Crippen LogP contribution in [0.1, 0.15) is 43.6 Å². The lowest BCUT2D eigenvalue weighted by Crippen LogP contribution is -2.28. The topological polar surface area (TPSA) is 29.9 Å². The normalized spacial score (nSPS) is 23.4. The summed E-state index contributed by atoms with van der Waals surface area (Å²) in [6, 6.07) is 0. The van der Waals surface area contributed by atoms with E-state index >= 15 is 0 Å². The summed E-state index contributed by atoms with van der Waals surface area (Å²) in [4.78, 5) is 4.98. The molecule has 1 aromatic heterocycles. The molecule has 0 bridgehead atoms. The molecule has 108 valence electrons. The van der Waals surface area contributed by atoms with Crippen LogP contribution in [0.3, 0.4) is 0 Å². The molecule has 2 aliphatic rings. The van der Waals surface area contributed by atoms with Crippen LogP contribution in [0.2, 0.25) is 0 Å². The van der Waals surface area contributed by atoms with Crippen molar-refractivity contribution < 1.29 is 0 Å². The molecule has 3 nitrogen and oxygen atoms in total. The monoisotopic (exact) mass is 271 g/mol. The van der Waals surface area contributed by atoms with Gasteiger partial charge in [-0.05, 0) is 51.6 Å². The van der Waals surface area contributed by atoms with Crippen molar-refractivity contribution in [1.82, 2.24) is 14.9 Å². The van der Waals surface area contributed by atoms with Crippen LogP contribution >= 0.6 is 0 Å². The van der Waals surface area contributed by atoms with Crippen LogP contribution in [0.4, 0.5) is 0 Å². The van der Waals surface area contributed by atoms with Gasteiger partial charge in [0.1, 0.15) is 5.82 Å². The van der Waals surface area contributed by atoms with E-state index in [1.165, 1.54) is 24.4 Å². The Labute approximate surface area is 121 Å². The van der Waals surface area contributed by atoms with E-state index in [0.29, 0.717) is 11.8 Å². The third-order valence-electron chi connectivity index (χ3n) is 4.44. The van der Waals surface area contributed by atoms with Crippen LogP contribution in [0, 0.1) is 5.92 Å². The van der Waals surface area contributed by atoms with E-state index in [0.717, 1.165) is 32.5 Å². The summed E-state index contributed by atoms with van der Waals surface area (Å²) < 4.78 is 2.37. The fraction of sp³-hybridized carbons (Fsp3) is 0.588. The molecule has 3 heteroatoms. The number of aryl methyl sites for hydroxylation is 1. The van der Waals surface area contributed by atoms with Gasteiger partial charge < -0.3 is 9.88 Å². The minimum Gasteiger partial charge on any atom is -0.335 e. The van der Waals surface area contributed by atoms with Gasteiger partial charge in [0.15, 0.2) is 0 Å². The lowest BCUT2D eigenvalue weighted by Gasteiger charge is -2.22. The van der Waals surface area contributed by atoms with E-state index < -0.39 is 0 Å². The molecule has 0 amide bonds. The summed E-state index contributed by atoms with van der Waals surface area (Å²) in [6.07, 6.45) is 15.8. The highest BCUT2D eigenvalue weighted by atomic mass is 15.1. The SMILES string of the molecule is CCn1cc(CC2C=CC=CC2)nc1C1CCNCC1. The average Bonchev–Trinajstić information content (AvgIpc) is 2.92. The van der Waals surface area contributed by atoms with Gasteiger partial charge in [-0.15, -0.1) is 0 Å². The van der Waals surface area contributed by atoms with Gasteiger partial charge in [0, 0.05) is 18.7 Å². The summed E-state index contributed by atoms with van der Waals surface area (Å²) in [5.74, 6) is 2.59. The first kappa shape index (κ1) is 13.6. The second-order valence-corrected chi connectivity index (χ2v) is 5.91. The van der Waals surface area contributed by atoms with E-state index in [4.69, 9.17) is 4.98 Å². The van der Waals surface area contributed by atoms with Gasteiger partial charge in [-0.25, -0.2) is 4.98 Å². The summed E-state index contributed by atoms with van der Waals surface area (Å²) in [5, 5.41) is 3.44. The number of imidazole rings is 1. The fourth-order valence-electron chi connectivity index (χ4n) is 3.30. The number of piperidine rings is 1. The van der Waals surface area contributed by atoms with Crippen molar-refractivity contribution in [3.63, 3.8) is 0 Å². The van der Waals surface area contributed by atoms with Gasteiger partial charge in [-0.3, -0.25) is 0 Å². The third-order valence-corrected chi connectivity index (χ3v) is 4.44. The fourth-order valence-corrected chi connectivity index (χ4v) is 3.30. The first-order valence-corrected chi connectivity index (χ1v) is 7.96. The van der Waals surface area contributed by atoms with E-state index in [9.17, 15) is 0 Å². The van der Waals surface area contributed by atoms with Crippen LogP contribution in [-0.2, 0) is 13.0 Å². The second kappa shape index (κ2) is 6.40. The van der Waals surface area contributed by atoms with E-state index in [-0.39, 0.29) is 0 Å². The van der Waals surface area contributed by atoms with Crippen molar-refractivity contribution in [2.75, 3.05) is 13.1 Å². The Hall–Kier alpha value is -1.35. The van der Waals surface area contributed by atoms with Gasteiger partial charge >= 0.3 is 0 Å². The van der Waals surface area contributed by atoms with Crippen molar-refractivity contribution in [2.24, 2.45) is 5.92 Å². The number of hydrogen-bond donors (Lipinski definition) is 1. The molecule has 1 aromatic rings. The van der Waals surface area contributed by atoms with Gasteiger partial charge in [0.25, 0.3) is 0 Å². The minimum atomic E-state index is 0.626. The Bertz CT molecular complexity index is 492. The van der Waals surface area contributed by atoms with Gasteiger partial charge in [0.2, 0.25) is 0 Å². The van der Waals surface area contributed by atoms with E-state index in [2.05, 4.69) is 47.3 Å². The molecule has 0 saturated carbocycles. The van der Waals surface area contributed by atoms with E-state index in [1.54, 1.807) is 0 Å². The Balaban J connectivity index is 1.73. The molecule has 0 spiro atoms. The third kappa shape index (κ3) is 3.04. The predicted octanol–water partition coefficient (Wildman–Crippen LogP) is 3.04. The average molecular weight is 271 g/mol. The molecule has 1 unspecified atom stereocenters. The van der Waals surface area contributed by atoms with Crippen molar-refractivity contribution in [2.45, 2.75) is 45.1 Å². The zero-order valence-corrected chi connectivity index (χ0v) is 12.4. The molecule has 1 fully saturated rings. The number of rotatable bonds is 4. The van der Waals surface area contributed by atoms with Crippen molar-refractivity contribution in [3.05, 3.63) is 42.0 Å². The number of allylic oxidation sites excluding steroid dienone is 4. The highest BCUT2D eigenvalue weighted by Crippen LogP contribution is 2.26. The van der Waals surface area contributed by atoms with E-state index in [1.807, 2.05) is 0 Å². The molecule has 2 heterocycles. The molecule has 1 N–H and O–H groups in total. The second-order valence-electron chi connectivity index (χ2n) is 5.91. The van der Waals surface area contributed by atoms with Crippen molar-refractivity contribution in [1.29, 1.82) is 0 Å². The molecule has 0 aromatic carbocycles. The Morgan fingerprint density at radius 1 is 1.30 bits per heavy atom. The summed E-state index contributed by atoms with van der Waals surface area (Å²) in [6.45, 7) is 5.52. The van der Waals surface area contributed by atoms with Crippen LogP contribution in [-0.4, -0.2) is 22.6 Å². The van der Waals surface area contributed by atoms with Crippen molar-refractivity contribution in [3.8, 4) is 0 Å². The summed E-state index contributed by atoms with van der Waals surface area (Å²) in [7, 11) is 0. The standard InChI is InChI=1S/C17H25N3/c1-2-20-13-16(12-14-6-4-3-5-7-14)19-17(20)15-8-10-18-11-9-15/h3-6,13-15,18H,2,7-12H2,1H3. The number of hydrogen-bond acceptors (Lipinski definition) is 2. The molecule has 1 atom stereocenters. The van der Waals surface area contributed by atoms with Crippen molar-refractivity contribution >= 4 is 0 Å². The maximum Gasteiger partial charge on any atom is 0.112 e. The summed E-state index contributed by atoms with van der Waals surface area (Å²) in [5.41, 5.74) is 1.27. The van der Waals surface area contributed by atoms with Crippen LogP contribution < -0.4 is 5.32 Å². The molecular weight excluding hydrogens is 246 g/mol. The number of nitrogens with zero attached hydrogens (tertiary/aromatic N) is 2. The Morgan fingerprint density at radius 2 is 2.15 bits per heavy atom. The van der Waals surface area contributed by atoms with Crippen LogP contribution in [0.15, 0.2) is 30.5 Å². The molecule has 1 aliphatic carbocycles. The molecule has 3 rings (SSSR count). The quantitative estimate of drug-likeness (QED) is 0.912. The first-order chi connectivity index (χ1) is 9.86. The molecule has 20 heavy (non-hydrogen) atoms. The van der Waals surface area contributed by atoms with Crippen LogP contribution in [0.25, 0.3) is 0 Å². The number of nitrogens with one attached hydrogen (secondary N) is 1. The largest absolute Gasteiger partial charge is 0.335 e. The molecule has 1 aliphatic heterocycles. The molecule has 0 radical (unpaired) electrons. The smallest absolute Gasteiger partial charge is 0.112 e. The van der Waals surface area contributed by atoms with Crippen LogP contribution in [0.5, 0.6) is 0 Å². The van der Waals surface area contributed by atoms with Gasteiger partial charge in [0.05, 0.1) is 5.69 Å². The Kier molecular flexibility index (Phi) is 4.36. The molecule has 1 saturated heterocycles. The summed E-state index contributed by atoms with van der Waals surface area (Å²) >= 11 is 0. The minimum absolute atomic E-state index is 0.626. The highest BCUT2D eigenvalue weighted by molar-refractivity contribution is 5.16. The first-order valence-electron chi connectivity index (χ1n) is 7.96. The number of aromatic nitrogens is 2. The van der Waals surface area contributed by atoms with Gasteiger partial charge in [-0.1, -0.05) is 24.3 Å². The maximum atomic E-state index is 4.98. The lowest BCUT2D eigenvalue weighted by molar-refractivity contribution is 0.432. The Morgan fingerprint density at radius 3 is 2.85 bits per heavy atom. The maximum absolute atomic E-state index is 4.98. The lowest BCUT2D eigenvalue weighted by atomic mass is 9.96. The highest BCUT2D eigenvalue weighted by Gasteiger charge is 2.21. The zero-order valence-electron chi connectivity index (χ0n) is 12.4. The molecular formula is C17H25N3. The van der Waals surface area contributed by atoms with Gasteiger partial charge in [-0.2, -0.15) is 0 Å². The predicted molar refractivity (Wildman–Crippen MR) is 82.8 cm³/mol. The zero-order chi connectivity index (χ0) is 13.8.